The van der Waals surface area contributed by atoms with Crippen molar-refractivity contribution in [1.82, 2.24) is 4.98 Å². The first-order valence-corrected chi connectivity index (χ1v) is 4.02. The van der Waals surface area contributed by atoms with Gasteiger partial charge in [-0.1, -0.05) is 12.1 Å². The number of nitrogens with one attached hydrogen (secondary N) is 1. The summed E-state index contributed by atoms with van der Waals surface area (Å²) in [6.07, 6.45) is 0. The molecule has 1 heterocycles. The first-order valence-electron chi connectivity index (χ1n) is 4.02. The van der Waals surface area contributed by atoms with Crippen molar-refractivity contribution >= 4 is 10.9 Å². The van der Waals surface area contributed by atoms with Gasteiger partial charge in [-0.15, -0.1) is 0 Å². The largest absolute Gasteiger partial charge is 0.392 e. The highest BCUT2D eigenvalue weighted by Gasteiger charge is 1.95. The SMILES string of the molecule is O=c1ccc2ccc(CO)cc2[nH]1. The predicted molar refractivity (Wildman–Crippen MR) is 50.5 cm³/mol. The first kappa shape index (κ1) is 8.01. The molecule has 0 aliphatic heterocycles. The summed E-state index contributed by atoms with van der Waals surface area (Å²) in [4.78, 5) is 13.7. The van der Waals surface area contributed by atoms with E-state index in [0.29, 0.717) is 0 Å². The second-order valence-electron chi connectivity index (χ2n) is 2.90. The summed E-state index contributed by atoms with van der Waals surface area (Å²) in [6.45, 7) is -0.00708. The van der Waals surface area contributed by atoms with Gasteiger partial charge in [0.2, 0.25) is 5.56 Å². The van der Waals surface area contributed by atoms with Crippen LogP contribution in [-0.4, -0.2) is 10.1 Å². The van der Waals surface area contributed by atoms with Crippen LogP contribution in [0.2, 0.25) is 0 Å². The van der Waals surface area contributed by atoms with Crippen LogP contribution in [0.5, 0.6) is 0 Å². The van der Waals surface area contributed by atoms with Gasteiger partial charge < -0.3 is 10.1 Å². The third kappa shape index (κ3) is 1.46. The number of aliphatic hydroxyl groups is 1. The highest BCUT2D eigenvalue weighted by atomic mass is 16.3. The number of aliphatic hydroxyl groups excluding tert-OH is 1. The minimum atomic E-state index is -0.123. The molecule has 0 saturated heterocycles. The standard InChI is InChI=1S/C10H9NO2/c12-6-7-1-2-8-3-4-10(13)11-9(8)5-7/h1-5,12H,6H2,(H,11,13). The molecule has 1 aromatic carbocycles. The molecule has 0 unspecified atom stereocenters. The molecule has 0 aliphatic rings. The quantitative estimate of drug-likeness (QED) is 0.679. The summed E-state index contributed by atoms with van der Waals surface area (Å²) in [5.41, 5.74) is 1.44. The van der Waals surface area contributed by atoms with Crippen molar-refractivity contribution in [2.24, 2.45) is 0 Å². The summed E-state index contributed by atoms with van der Waals surface area (Å²) in [6, 6.07) is 8.73. The Hall–Kier alpha value is -1.61. The molecule has 2 aromatic rings. The molecule has 0 aliphatic carbocycles. The molecule has 0 fully saturated rings. The maximum Gasteiger partial charge on any atom is 0.248 e. The Labute approximate surface area is 74.7 Å². The Morgan fingerprint density at radius 3 is 2.77 bits per heavy atom. The lowest BCUT2D eigenvalue weighted by atomic mass is 10.1. The maximum atomic E-state index is 11.0. The van der Waals surface area contributed by atoms with Gasteiger partial charge in [-0.2, -0.15) is 0 Å². The number of hydrogen-bond donors (Lipinski definition) is 2. The smallest absolute Gasteiger partial charge is 0.248 e. The van der Waals surface area contributed by atoms with E-state index < -0.39 is 0 Å². The van der Waals surface area contributed by atoms with E-state index in [4.69, 9.17) is 5.11 Å². The molecule has 66 valence electrons. The Bertz CT molecular complexity index is 487. The van der Waals surface area contributed by atoms with Gasteiger partial charge in [0.15, 0.2) is 0 Å². The number of benzene rings is 1. The van der Waals surface area contributed by atoms with Gasteiger partial charge in [-0.3, -0.25) is 4.79 Å². The van der Waals surface area contributed by atoms with Crippen molar-refractivity contribution in [3.8, 4) is 0 Å². The lowest BCUT2D eigenvalue weighted by Crippen LogP contribution is -2.02. The monoisotopic (exact) mass is 175 g/mol. The van der Waals surface area contributed by atoms with E-state index in [-0.39, 0.29) is 12.2 Å². The molecule has 0 atom stereocenters. The Kier molecular flexibility index (Phi) is 1.87. The third-order valence-corrected chi connectivity index (χ3v) is 1.97. The van der Waals surface area contributed by atoms with Crippen LogP contribution in [0.1, 0.15) is 5.56 Å². The number of aromatic amines is 1. The number of aromatic nitrogens is 1. The molecule has 1 aromatic heterocycles. The van der Waals surface area contributed by atoms with Gasteiger partial charge in [0.1, 0.15) is 0 Å². The van der Waals surface area contributed by atoms with E-state index in [2.05, 4.69) is 4.98 Å². The lowest BCUT2D eigenvalue weighted by molar-refractivity contribution is 0.282. The van der Waals surface area contributed by atoms with Gasteiger partial charge in [0, 0.05) is 11.6 Å². The molecule has 2 rings (SSSR count). The third-order valence-electron chi connectivity index (χ3n) is 1.97. The van der Waals surface area contributed by atoms with E-state index in [1.807, 2.05) is 12.1 Å². The van der Waals surface area contributed by atoms with Crippen molar-refractivity contribution < 1.29 is 5.11 Å². The van der Waals surface area contributed by atoms with Crippen LogP contribution < -0.4 is 5.56 Å². The summed E-state index contributed by atoms with van der Waals surface area (Å²) in [5.74, 6) is 0. The number of pyridine rings is 1. The maximum absolute atomic E-state index is 11.0. The fraction of sp³-hybridized carbons (Fsp3) is 0.100. The van der Waals surface area contributed by atoms with E-state index in [0.717, 1.165) is 16.5 Å². The van der Waals surface area contributed by atoms with E-state index in [1.165, 1.54) is 6.07 Å². The first-order chi connectivity index (χ1) is 6.29. The zero-order valence-corrected chi connectivity index (χ0v) is 6.95. The Balaban J connectivity index is 2.75. The van der Waals surface area contributed by atoms with Crippen molar-refractivity contribution in [2.75, 3.05) is 0 Å². The molecule has 2 N–H and O–H groups in total. The van der Waals surface area contributed by atoms with Crippen LogP contribution in [0.4, 0.5) is 0 Å². The fourth-order valence-corrected chi connectivity index (χ4v) is 1.30. The van der Waals surface area contributed by atoms with Crippen molar-refractivity contribution in [1.29, 1.82) is 0 Å². The minimum absolute atomic E-state index is 0.00708. The van der Waals surface area contributed by atoms with Gasteiger partial charge >= 0.3 is 0 Å². The summed E-state index contributed by atoms with van der Waals surface area (Å²) in [5, 5.41) is 9.84. The van der Waals surface area contributed by atoms with Crippen LogP contribution in [0.25, 0.3) is 10.9 Å². The van der Waals surface area contributed by atoms with Crippen molar-refractivity contribution in [3.63, 3.8) is 0 Å². The summed E-state index contributed by atoms with van der Waals surface area (Å²) in [7, 11) is 0. The second kappa shape index (κ2) is 3.03. The summed E-state index contributed by atoms with van der Waals surface area (Å²) >= 11 is 0. The molecular formula is C10H9NO2. The predicted octanol–water partition coefficient (Wildman–Crippen LogP) is 1.02. The molecular weight excluding hydrogens is 166 g/mol. The number of fused-ring (bicyclic) bond motifs is 1. The van der Waals surface area contributed by atoms with Gasteiger partial charge in [0.25, 0.3) is 0 Å². The zero-order chi connectivity index (χ0) is 9.26. The summed E-state index contributed by atoms with van der Waals surface area (Å²) < 4.78 is 0. The van der Waals surface area contributed by atoms with Crippen LogP contribution in [0, 0.1) is 0 Å². The Morgan fingerprint density at radius 2 is 2.00 bits per heavy atom. The van der Waals surface area contributed by atoms with Gasteiger partial charge in [0.05, 0.1) is 6.61 Å². The molecule has 0 radical (unpaired) electrons. The van der Waals surface area contributed by atoms with E-state index in [1.54, 1.807) is 12.1 Å². The molecule has 0 saturated carbocycles. The molecule has 13 heavy (non-hydrogen) atoms. The lowest BCUT2D eigenvalue weighted by Gasteiger charge is -1.99. The number of H-pyrrole nitrogens is 1. The molecule has 0 bridgehead atoms. The molecule has 0 spiro atoms. The molecule has 0 amide bonds. The van der Waals surface area contributed by atoms with E-state index >= 15 is 0 Å². The molecule has 3 heteroatoms. The van der Waals surface area contributed by atoms with Gasteiger partial charge in [-0.25, -0.2) is 0 Å². The van der Waals surface area contributed by atoms with Crippen molar-refractivity contribution in [2.45, 2.75) is 6.61 Å². The average Bonchev–Trinajstić information content (AvgIpc) is 2.16. The second-order valence-corrected chi connectivity index (χ2v) is 2.90. The Morgan fingerprint density at radius 1 is 1.23 bits per heavy atom. The van der Waals surface area contributed by atoms with Crippen LogP contribution in [-0.2, 0) is 6.61 Å². The minimum Gasteiger partial charge on any atom is -0.392 e. The van der Waals surface area contributed by atoms with Crippen molar-refractivity contribution in [3.05, 3.63) is 46.2 Å². The average molecular weight is 175 g/mol. The highest BCUT2D eigenvalue weighted by molar-refractivity contribution is 5.78. The topological polar surface area (TPSA) is 53.1 Å². The van der Waals surface area contributed by atoms with Crippen LogP contribution in [0.3, 0.4) is 0 Å². The normalized spacial score (nSPS) is 10.5. The highest BCUT2D eigenvalue weighted by Crippen LogP contribution is 2.11. The van der Waals surface area contributed by atoms with Crippen LogP contribution >= 0.6 is 0 Å². The van der Waals surface area contributed by atoms with Crippen LogP contribution in [0.15, 0.2) is 35.1 Å². The van der Waals surface area contributed by atoms with Gasteiger partial charge in [-0.05, 0) is 23.1 Å². The van der Waals surface area contributed by atoms with E-state index in [9.17, 15) is 4.79 Å². The fourth-order valence-electron chi connectivity index (χ4n) is 1.30. The number of rotatable bonds is 1. The number of hydrogen-bond acceptors (Lipinski definition) is 2. The molecule has 3 nitrogen and oxygen atoms in total. The zero-order valence-electron chi connectivity index (χ0n) is 6.95.